The van der Waals surface area contributed by atoms with Crippen LogP contribution in [0.5, 0.6) is 0 Å². The van der Waals surface area contributed by atoms with Crippen molar-refractivity contribution in [3.8, 4) is 0 Å². The molecule has 0 atom stereocenters. The molecule has 1 aromatic carbocycles. The van der Waals surface area contributed by atoms with E-state index in [2.05, 4.69) is 10.1 Å². The predicted molar refractivity (Wildman–Crippen MR) is 53.4 cm³/mol. The van der Waals surface area contributed by atoms with Crippen LogP contribution in [0.2, 0.25) is 0 Å². The van der Waals surface area contributed by atoms with Crippen LogP contribution in [0.4, 0.5) is 8.78 Å². The van der Waals surface area contributed by atoms with E-state index in [1.807, 2.05) is 0 Å². The average Bonchev–Trinajstić information content (AvgIpc) is 2.64. The van der Waals surface area contributed by atoms with Crippen molar-refractivity contribution in [3.05, 3.63) is 47.5 Å². The Morgan fingerprint density at radius 3 is 2.44 bits per heavy atom. The third-order valence-corrected chi connectivity index (χ3v) is 2.03. The number of nitrogens with zero attached hydrogens (tertiary/aromatic N) is 3. The lowest BCUT2D eigenvalue weighted by Crippen LogP contribution is -2.04. The van der Waals surface area contributed by atoms with Gasteiger partial charge in [0.05, 0.1) is 13.1 Å². The Balaban J connectivity index is 2.19. The third kappa shape index (κ3) is 2.40. The maximum atomic E-state index is 12.9. The fraction of sp³-hybridized carbons (Fsp3) is 0.200. The van der Waals surface area contributed by atoms with Crippen LogP contribution in [0.25, 0.3) is 0 Å². The summed E-state index contributed by atoms with van der Waals surface area (Å²) in [7, 11) is 0. The third-order valence-electron chi connectivity index (χ3n) is 2.03. The van der Waals surface area contributed by atoms with Crippen LogP contribution in [0.1, 0.15) is 11.4 Å². The number of aromatic nitrogens is 3. The van der Waals surface area contributed by atoms with Crippen molar-refractivity contribution in [2.45, 2.75) is 13.1 Å². The first-order chi connectivity index (χ1) is 7.67. The van der Waals surface area contributed by atoms with E-state index in [9.17, 15) is 8.78 Å². The molecule has 0 spiro atoms. The predicted octanol–water partition coefficient (Wildman–Crippen LogP) is 1.06. The molecule has 0 unspecified atom stereocenters. The summed E-state index contributed by atoms with van der Waals surface area (Å²) in [4.78, 5) is 3.92. The van der Waals surface area contributed by atoms with E-state index in [4.69, 9.17) is 5.73 Å². The van der Waals surface area contributed by atoms with Gasteiger partial charge in [0, 0.05) is 6.07 Å². The van der Waals surface area contributed by atoms with Gasteiger partial charge in [0.15, 0.2) is 5.82 Å². The molecule has 0 aliphatic heterocycles. The summed E-state index contributed by atoms with van der Waals surface area (Å²) in [5.41, 5.74) is 5.84. The summed E-state index contributed by atoms with van der Waals surface area (Å²) in [6, 6.07) is 3.34. The van der Waals surface area contributed by atoms with Crippen molar-refractivity contribution in [2.24, 2.45) is 5.73 Å². The molecule has 0 saturated carbocycles. The normalized spacial score (nSPS) is 10.7. The Kier molecular flexibility index (Phi) is 2.91. The van der Waals surface area contributed by atoms with Gasteiger partial charge in [0.2, 0.25) is 0 Å². The molecule has 0 aliphatic rings. The summed E-state index contributed by atoms with van der Waals surface area (Å²) in [5.74, 6) is -0.708. The van der Waals surface area contributed by atoms with Gasteiger partial charge in [-0.3, -0.25) is 0 Å². The molecule has 4 nitrogen and oxygen atoms in total. The van der Waals surface area contributed by atoms with E-state index in [0.29, 0.717) is 11.4 Å². The molecule has 84 valence electrons. The Labute approximate surface area is 90.7 Å². The highest BCUT2D eigenvalue weighted by atomic mass is 19.1. The van der Waals surface area contributed by atoms with Gasteiger partial charge in [0.25, 0.3) is 0 Å². The summed E-state index contributed by atoms with van der Waals surface area (Å²) < 4.78 is 27.3. The van der Waals surface area contributed by atoms with Crippen molar-refractivity contribution < 1.29 is 8.78 Å². The number of halogens is 2. The molecule has 2 N–H and O–H groups in total. The molecular formula is C10H10F2N4. The molecule has 0 fully saturated rings. The molecule has 1 heterocycles. The number of benzene rings is 1. The average molecular weight is 224 g/mol. The fourth-order valence-electron chi connectivity index (χ4n) is 1.39. The second-order valence-corrected chi connectivity index (χ2v) is 3.34. The largest absolute Gasteiger partial charge is 0.324 e. The maximum Gasteiger partial charge on any atom is 0.164 e. The van der Waals surface area contributed by atoms with Gasteiger partial charge in [-0.1, -0.05) is 0 Å². The van der Waals surface area contributed by atoms with E-state index >= 15 is 0 Å². The zero-order valence-electron chi connectivity index (χ0n) is 8.40. The van der Waals surface area contributed by atoms with E-state index in [1.165, 1.54) is 23.1 Å². The fourth-order valence-corrected chi connectivity index (χ4v) is 1.39. The molecule has 0 saturated heterocycles. The summed E-state index contributed by atoms with van der Waals surface area (Å²) in [6.45, 7) is 0.506. The number of hydrogen-bond acceptors (Lipinski definition) is 3. The highest BCUT2D eigenvalue weighted by Gasteiger charge is 2.03. The summed E-state index contributed by atoms with van der Waals surface area (Å²) in [5, 5.41) is 4.02. The lowest BCUT2D eigenvalue weighted by molar-refractivity contribution is 0.574. The first-order valence-electron chi connectivity index (χ1n) is 4.71. The van der Waals surface area contributed by atoms with Crippen LogP contribution in [-0.2, 0) is 13.1 Å². The van der Waals surface area contributed by atoms with Gasteiger partial charge in [0.1, 0.15) is 18.0 Å². The molecule has 0 radical (unpaired) electrons. The molecule has 1 aromatic heterocycles. The Morgan fingerprint density at radius 1 is 1.19 bits per heavy atom. The Morgan fingerprint density at radius 2 is 1.88 bits per heavy atom. The monoisotopic (exact) mass is 224 g/mol. The van der Waals surface area contributed by atoms with Crippen molar-refractivity contribution >= 4 is 0 Å². The van der Waals surface area contributed by atoms with Crippen LogP contribution in [0.15, 0.2) is 24.5 Å². The lowest BCUT2D eigenvalue weighted by Gasteiger charge is -2.01. The van der Waals surface area contributed by atoms with Gasteiger partial charge in [-0.25, -0.2) is 18.4 Å². The standard InChI is InChI=1S/C10H10F2N4/c11-8-1-7(2-9(12)3-8)5-16-6-14-10(4-13)15-16/h1-3,6H,4-5,13H2. The topological polar surface area (TPSA) is 56.7 Å². The Bertz CT molecular complexity index is 475. The molecule has 0 bridgehead atoms. The van der Waals surface area contributed by atoms with Crippen molar-refractivity contribution in [2.75, 3.05) is 0 Å². The SMILES string of the molecule is NCc1ncn(Cc2cc(F)cc(F)c2)n1. The van der Waals surface area contributed by atoms with Gasteiger partial charge >= 0.3 is 0 Å². The van der Waals surface area contributed by atoms with Crippen LogP contribution < -0.4 is 5.73 Å². The van der Waals surface area contributed by atoms with E-state index in [-0.39, 0.29) is 13.1 Å². The second kappa shape index (κ2) is 4.36. The minimum Gasteiger partial charge on any atom is -0.324 e. The molecular weight excluding hydrogens is 214 g/mol. The zero-order valence-corrected chi connectivity index (χ0v) is 8.40. The number of hydrogen-bond donors (Lipinski definition) is 1. The Hall–Kier alpha value is -1.82. The molecule has 0 amide bonds. The quantitative estimate of drug-likeness (QED) is 0.848. The van der Waals surface area contributed by atoms with Gasteiger partial charge in [-0.2, -0.15) is 5.10 Å². The summed E-state index contributed by atoms with van der Waals surface area (Å²) in [6.07, 6.45) is 1.48. The number of rotatable bonds is 3. The van der Waals surface area contributed by atoms with Gasteiger partial charge in [-0.05, 0) is 17.7 Å². The van der Waals surface area contributed by atoms with Crippen molar-refractivity contribution in [3.63, 3.8) is 0 Å². The molecule has 0 aliphatic carbocycles. The molecule has 2 aromatic rings. The van der Waals surface area contributed by atoms with Gasteiger partial charge < -0.3 is 5.73 Å². The van der Waals surface area contributed by atoms with E-state index < -0.39 is 11.6 Å². The van der Waals surface area contributed by atoms with Crippen LogP contribution in [0.3, 0.4) is 0 Å². The van der Waals surface area contributed by atoms with Crippen molar-refractivity contribution in [1.29, 1.82) is 0 Å². The van der Waals surface area contributed by atoms with Crippen LogP contribution in [-0.4, -0.2) is 14.8 Å². The first-order valence-corrected chi connectivity index (χ1v) is 4.71. The first kappa shape index (κ1) is 10.7. The van der Waals surface area contributed by atoms with E-state index in [1.54, 1.807) is 0 Å². The molecule has 16 heavy (non-hydrogen) atoms. The van der Waals surface area contributed by atoms with Crippen molar-refractivity contribution in [1.82, 2.24) is 14.8 Å². The highest BCUT2D eigenvalue weighted by Crippen LogP contribution is 2.09. The highest BCUT2D eigenvalue weighted by molar-refractivity contribution is 5.17. The minimum absolute atomic E-state index is 0.241. The lowest BCUT2D eigenvalue weighted by atomic mass is 10.2. The minimum atomic E-state index is -0.603. The van der Waals surface area contributed by atoms with E-state index in [0.717, 1.165) is 6.07 Å². The zero-order chi connectivity index (χ0) is 11.5. The second-order valence-electron chi connectivity index (χ2n) is 3.34. The number of nitrogens with two attached hydrogens (primary N) is 1. The van der Waals surface area contributed by atoms with Crippen LogP contribution in [0, 0.1) is 11.6 Å². The smallest absolute Gasteiger partial charge is 0.164 e. The maximum absolute atomic E-state index is 12.9. The molecule has 6 heteroatoms. The molecule has 2 rings (SSSR count). The van der Waals surface area contributed by atoms with Gasteiger partial charge in [-0.15, -0.1) is 0 Å². The summed E-state index contributed by atoms with van der Waals surface area (Å²) >= 11 is 0. The van der Waals surface area contributed by atoms with Crippen LogP contribution >= 0.6 is 0 Å².